The molecule has 0 saturated heterocycles. The Balaban J connectivity index is 1.65. The highest BCUT2D eigenvalue weighted by molar-refractivity contribution is 7.86. The summed E-state index contributed by atoms with van der Waals surface area (Å²) in [4.78, 5) is 38.8. The maximum absolute atomic E-state index is 13.6. The number of amides is 3. The van der Waals surface area contributed by atoms with Gasteiger partial charge in [-0.15, -0.1) is 0 Å². The minimum atomic E-state index is -1.89. The fourth-order valence-corrected chi connectivity index (χ4v) is 4.23. The number of carbonyl (C=O) groups is 3. The average molecular weight is 526 g/mol. The third kappa shape index (κ3) is 7.66. The van der Waals surface area contributed by atoms with Gasteiger partial charge in [-0.1, -0.05) is 11.6 Å². The number of anilines is 2. The molecule has 188 valence electrons. The number of carbonyl (C=O) groups excluding carboxylic acids is 3. The summed E-state index contributed by atoms with van der Waals surface area (Å²) in [7, 11) is -1.89. The van der Waals surface area contributed by atoms with Gasteiger partial charge in [-0.2, -0.15) is 0 Å². The Morgan fingerprint density at radius 2 is 1.77 bits per heavy atom. The summed E-state index contributed by atoms with van der Waals surface area (Å²) < 4.78 is 36.7. The van der Waals surface area contributed by atoms with E-state index in [9.17, 15) is 23.0 Å². The predicted molar refractivity (Wildman–Crippen MR) is 131 cm³/mol. The molecule has 0 aliphatic carbocycles. The summed E-state index contributed by atoms with van der Waals surface area (Å²) in [6, 6.07) is 8.37. The molecule has 12 heteroatoms. The Morgan fingerprint density at radius 3 is 2.46 bits per heavy atom. The first-order chi connectivity index (χ1) is 16.4. The smallest absolute Gasteiger partial charge is 0.240 e. The lowest BCUT2D eigenvalue weighted by Gasteiger charge is -2.26. The van der Waals surface area contributed by atoms with Crippen molar-refractivity contribution >= 4 is 51.5 Å². The fourth-order valence-electron chi connectivity index (χ4n) is 3.16. The topological polar surface area (TPSA) is 114 Å². The van der Waals surface area contributed by atoms with Crippen molar-refractivity contribution < 1.29 is 32.5 Å². The van der Waals surface area contributed by atoms with Crippen LogP contribution in [-0.2, 0) is 25.2 Å². The molecule has 0 radical (unpaired) electrons. The van der Waals surface area contributed by atoms with E-state index in [-0.39, 0.29) is 17.5 Å². The number of benzene rings is 2. The van der Waals surface area contributed by atoms with Gasteiger partial charge in [0.1, 0.15) is 23.9 Å². The molecule has 1 atom stereocenters. The molecule has 1 aliphatic heterocycles. The van der Waals surface area contributed by atoms with Gasteiger partial charge in [-0.05, 0) is 51.1 Å². The zero-order chi connectivity index (χ0) is 25.8. The van der Waals surface area contributed by atoms with Gasteiger partial charge < -0.3 is 25.0 Å². The molecule has 9 nitrogen and oxygen atoms in total. The minimum absolute atomic E-state index is 0.0857. The Labute approximate surface area is 209 Å². The van der Waals surface area contributed by atoms with E-state index < -0.39 is 57.9 Å². The average Bonchev–Trinajstić information content (AvgIpc) is 3.20. The molecule has 0 spiro atoms. The molecule has 35 heavy (non-hydrogen) atoms. The van der Waals surface area contributed by atoms with Gasteiger partial charge in [-0.25, -0.2) is 4.39 Å². The van der Waals surface area contributed by atoms with Crippen LogP contribution in [0.3, 0.4) is 0 Å². The van der Waals surface area contributed by atoms with Crippen LogP contribution >= 0.6 is 11.6 Å². The first-order valence-electron chi connectivity index (χ1n) is 10.5. The summed E-state index contributed by atoms with van der Waals surface area (Å²) in [5.41, 5.74) is 0.0262. The number of fused-ring (bicyclic) bond motifs is 1. The largest absolute Gasteiger partial charge is 0.454 e. The molecule has 2 aromatic rings. The van der Waals surface area contributed by atoms with Gasteiger partial charge in [0.2, 0.25) is 24.5 Å². The van der Waals surface area contributed by atoms with Crippen molar-refractivity contribution in [3.05, 3.63) is 47.2 Å². The Hall–Kier alpha value is -3.18. The first-order valence-corrected chi connectivity index (χ1v) is 12.4. The van der Waals surface area contributed by atoms with Gasteiger partial charge >= 0.3 is 0 Å². The normalized spacial score (nSPS) is 13.2. The number of rotatable bonds is 8. The molecule has 2 aromatic carbocycles. The summed E-state index contributed by atoms with van der Waals surface area (Å²) in [6.07, 6.45) is 0. The van der Waals surface area contributed by atoms with E-state index in [0.717, 1.165) is 11.0 Å². The highest BCUT2D eigenvalue weighted by Gasteiger charge is 2.25. The molecule has 2 N–H and O–H groups in total. The van der Waals surface area contributed by atoms with Crippen LogP contribution in [0.5, 0.6) is 11.5 Å². The number of hydrogen-bond acceptors (Lipinski definition) is 6. The van der Waals surface area contributed by atoms with Crippen molar-refractivity contribution in [2.24, 2.45) is 0 Å². The standard InChI is InChI=1S/C23H25ClFN3O6S/c1-23(2,3)27-20(29)10-28(15-5-6-17(25)16(24)9-15)22(31)12-35(32)11-21(30)26-14-4-7-18-19(8-14)34-13-33-18/h4-9H,10-13H2,1-3H3,(H,26,30)(H,27,29)/t35-/m1/s1. The van der Waals surface area contributed by atoms with E-state index in [0.29, 0.717) is 17.2 Å². The molecule has 0 unspecified atom stereocenters. The second-order valence-electron chi connectivity index (χ2n) is 8.72. The lowest BCUT2D eigenvalue weighted by molar-refractivity contribution is -0.124. The van der Waals surface area contributed by atoms with Crippen molar-refractivity contribution in [1.29, 1.82) is 0 Å². The molecular formula is C23H25ClFN3O6S. The highest BCUT2D eigenvalue weighted by atomic mass is 35.5. The molecule has 3 amide bonds. The fraction of sp³-hybridized carbons (Fsp3) is 0.348. The van der Waals surface area contributed by atoms with E-state index >= 15 is 0 Å². The third-order valence-corrected chi connectivity index (χ3v) is 6.01. The maximum atomic E-state index is 13.6. The van der Waals surface area contributed by atoms with Crippen LogP contribution in [0.25, 0.3) is 0 Å². The van der Waals surface area contributed by atoms with E-state index in [1.165, 1.54) is 12.1 Å². The number of halogens is 2. The van der Waals surface area contributed by atoms with E-state index in [4.69, 9.17) is 21.1 Å². The van der Waals surface area contributed by atoms with Crippen LogP contribution in [0, 0.1) is 5.82 Å². The van der Waals surface area contributed by atoms with Crippen molar-refractivity contribution in [1.82, 2.24) is 5.32 Å². The monoisotopic (exact) mass is 525 g/mol. The molecule has 0 fully saturated rings. The predicted octanol–water partition coefficient (Wildman–Crippen LogP) is 2.84. The van der Waals surface area contributed by atoms with Gasteiger partial charge in [0.15, 0.2) is 11.5 Å². The second kappa shape index (κ2) is 11.0. The van der Waals surface area contributed by atoms with E-state index in [1.54, 1.807) is 39.0 Å². The van der Waals surface area contributed by atoms with Gasteiger partial charge in [0.05, 0.1) is 5.02 Å². The Bertz CT molecular complexity index is 1170. The lowest BCUT2D eigenvalue weighted by atomic mass is 10.1. The van der Waals surface area contributed by atoms with Crippen molar-refractivity contribution in [2.45, 2.75) is 26.3 Å². The SMILES string of the molecule is CC(C)(C)NC(=O)CN(C(=O)C[S@](=O)CC(=O)Nc1ccc2c(c1)OCO2)c1ccc(F)c(Cl)c1. The van der Waals surface area contributed by atoms with Crippen LogP contribution in [-0.4, -0.2) is 52.3 Å². The van der Waals surface area contributed by atoms with Crippen LogP contribution < -0.4 is 25.0 Å². The number of nitrogens with one attached hydrogen (secondary N) is 2. The lowest BCUT2D eigenvalue weighted by Crippen LogP contribution is -2.48. The maximum Gasteiger partial charge on any atom is 0.240 e. The molecule has 0 aromatic heterocycles. The van der Waals surface area contributed by atoms with Crippen LogP contribution in [0.4, 0.5) is 15.8 Å². The van der Waals surface area contributed by atoms with Crippen molar-refractivity contribution in [3.8, 4) is 11.5 Å². The second-order valence-corrected chi connectivity index (χ2v) is 10.6. The minimum Gasteiger partial charge on any atom is -0.454 e. The summed E-state index contributed by atoms with van der Waals surface area (Å²) in [5.74, 6) is -2.39. The molecule has 3 rings (SSSR count). The number of ether oxygens (including phenoxy) is 2. The molecule has 1 heterocycles. The quantitative estimate of drug-likeness (QED) is 0.548. The Kier molecular flexibility index (Phi) is 8.34. The van der Waals surface area contributed by atoms with Crippen molar-refractivity contribution in [2.75, 3.05) is 35.1 Å². The van der Waals surface area contributed by atoms with E-state index in [2.05, 4.69) is 10.6 Å². The molecule has 1 aliphatic rings. The van der Waals surface area contributed by atoms with Crippen LogP contribution in [0.2, 0.25) is 5.02 Å². The molecular weight excluding hydrogens is 501 g/mol. The first kappa shape index (κ1) is 26.4. The summed E-state index contributed by atoms with van der Waals surface area (Å²) in [5, 5.41) is 5.09. The summed E-state index contributed by atoms with van der Waals surface area (Å²) >= 11 is 5.85. The van der Waals surface area contributed by atoms with Crippen molar-refractivity contribution in [3.63, 3.8) is 0 Å². The van der Waals surface area contributed by atoms with Crippen LogP contribution in [0.1, 0.15) is 20.8 Å². The van der Waals surface area contributed by atoms with E-state index in [1.807, 2.05) is 0 Å². The van der Waals surface area contributed by atoms with Gasteiger partial charge in [0.25, 0.3) is 0 Å². The highest BCUT2D eigenvalue weighted by Crippen LogP contribution is 2.34. The molecule has 0 bridgehead atoms. The summed E-state index contributed by atoms with van der Waals surface area (Å²) in [6.45, 7) is 5.01. The molecule has 0 saturated carbocycles. The third-order valence-electron chi connectivity index (χ3n) is 4.56. The zero-order valence-electron chi connectivity index (χ0n) is 19.4. The van der Waals surface area contributed by atoms with Gasteiger partial charge in [0, 0.05) is 33.8 Å². The van der Waals surface area contributed by atoms with Gasteiger partial charge in [-0.3, -0.25) is 18.6 Å². The number of nitrogens with zero attached hydrogens (tertiary/aromatic N) is 1. The Morgan fingerprint density at radius 1 is 1.06 bits per heavy atom. The zero-order valence-corrected chi connectivity index (χ0v) is 20.9. The number of hydrogen-bond donors (Lipinski definition) is 2. The van der Waals surface area contributed by atoms with Crippen LogP contribution in [0.15, 0.2) is 36.4 Å².